The highest BCUT2D eigenvalue weighted by molar-refractivity contribution is 5.84. The van der Waals surface area contributed by atoms with Crippen LogP contribution in [0.3, 0.4) is 0 Å². The Morgan fingerprint density at radius 1 is 1.32 bits per heavy atom. The lowest BCUT2D eigenvalue weighted by Gasteiger charge is -2.22. The highest BCUT2D eigenvalue weighted by Crippen LogP contribution is 2.30. The Morgan fingerprint density at radius 3 is 2.64 bits per heavy atom. The van der Waals surface area contributed by atoms with Crippen LogP contribution in [0.5, 0.6) is 0 Å². The molecule has 0 radical (unpaired) electrons. The molecule has 1 atom stereocenters. The molecule has 0 bridgehead atoms. The molecule has 1 aromatic rings. The van der Waals surface area contributed by atoms with Gasteiger partial charge in [-0.05, 0) is 43.9 Å². The molecule has 2 rings (SSSR count). The van der Waals surface area contributed by atoms with Crippen molar-refractivity contribution >= 4 is 17.6 Å². The molecule has 1 aromatic carbocycles. The maximum atomic E-state index is 11.8. The summed E-state index contributed by atoms with van der Waals surface area (Å²) in [6.07, 6.45) is 2.33. The van der Waals surface area contributed by atoms with E-state index in [1.165, 1.54) is 5.56 Å². The standard InChI is InChI=1S/C17H21NO4/c1-17(2,3)22-16(21)18-14(15(19)20)10-12-9-8-11-6-4-5-7-13(11)12/h4-7,9,14H,8,10H2,1-3H3,(H,18,21)(H,19,20). The predicted octanol–water partition coefficient (Wildman–Crippen LogP) is 2.99. The number of aliphatic carboxylic acids is 1. The van der Waals surface area contributed by atoms with Crippen molar-refractivity contribution in [2.45, 2.75) is 45.3 Å². The molecule has 5 nitrogen and oxygen atoms in total. The molecule has 22 heavy (non-hydrogen) atoms. The first-order chi connectivity index (χ1) is 10.3. The first-order valence-electron chi connectivity index (χ1n) is 7.26. The number of allylic oxidation sites excluding steroid dienone is 1. The molecule has 118 valence electrons. The van der Waals surface area contributed by atoms with Gasteiger partial charge in [0, 0.05) is 6.42 Å². The number of hydrogen-bond acceptors (Lipinski definition) is 3. The van der Waals surface area contributed by atoms with Crippen LogP contribution in [0, 0.1) is 0 Å². The molecule has 0 aliphatic heterocycles. The molecule has 2 N–H and O–H groups in total. The fourth-order valence-corrected chi connectivity index (χ4v) is 2.42. The molecule has 0 fully saturated rings. The molecular weight excluding hydrogens is 282 g/mol. The van der Waals surface area contributed by atoms with Gasteiger partial charge in [-0.1, -0.05) is 30.3 Å². The molecular formula is C17H21NO4. The average Bonchev–Trinajstić information content (AvgIpc) is 2.79. The second kappa shape index (κ2) is 6.22. The van der Waals surface area contributed by atoms with Crippen molar-refractivity contribution in [1.29, 1.82) is 0 Å². The van der Waals surface area contributed by atoms with Gasteiger partial charge in [0.15, 0.2) is 0 Å². The number of nitrogens with one attached hydrogen (secondary N) is 1. The van der Waals surface area contributed by atoms with E-state index in [0.717, 1.165) is 17.6 Å². The summed E-state index contributed by atoms with van der Waals surface area (Å²) in [6, 6.07) is 6.88. The molecule has 1 unspecified atom stereocenters. The van der Waals surface area contributed by atoms with Crippen LogP contribution in [0.1, 0.15) is 38.3 Å². The lowest BCUT2D eigenvalue weighted by molar-refractivity contribution is -0.139. The van der Waals surface area contributed by atoms with Crippen LogP contribution in [0.25, 0.3) is 5.57 Å². The SMILES string of the molecule is CC(C)(C)OC(=O)NC(CC1=CCc2ccccc21)C(=O)O. The van der Waals surface area contributed by atoms with Crippen LogP contribution in [-0.2, 0) is 16.0 Å². The maximum Gasteiger partial charge on any atom is 0.408 e. The van der Waals surface area contributed by atoms with Gasteiger partial charge in [-0.25, -0.2) is 9.59 Å². The fourth-order valence-electron chi connectivity index (χ4n) is 2.42. The summed E-state index contributed by atoms with van der Waals surface area (Å²) in [6.45, 7) is 5.20. The van der Waals surface area contributed by atoms with Crippen molar-refractivity contribution in [2.75, 3.05) is 0 Å². The zero-order chi connectivity index (χ0) is 16.3. The van der Waals surface area contributed by atoms with Gasteiger partial charge in [0.05, 0.1) is 0 Å². The summed E-state index contributed by atoms with van der Waals surface area (Å²) >= 11 is 0. The highest BCUT2D eigenvalue weighted by atomic mass is 16.6. The number of ether oxygens (including phenoxy) is 1. The summed E-state index contributed by atoms with van der Waals surface area (Å²) < 4.78 is 5.12. The Hall–Kier alpha value is -2.30. The largest absolute Gasteiger partial charge is 0.480 e. The van der Waals surface area contributed by atoms with E-state index in [4.69, 9.17) is 4.74 Å². The second-order valence-corrected chi connectivity index (χ2v) is 6.33. The Labute approximate surface area is 130 Å². The third-order valence-corrected chi connectivity index (χ3v) is 3.34. The summed E-state index contributed by atoms with van der Waals surface area (Å²) in [5.74, 6) is -1.07. The van der Waals surface area contributed by atoms with Crippen LogP contribution in [-0.4, -0.2) is 28.8 Å². The first kappa shape index (κ1) is 16.1. The normalized spacial score (nSPS) is 14.8. The van der Waals surface area contributed by atoms with Gasteiger partial charge in [-0.15, -0.1) is 0 Å². The van der Waals surface area contributed by atoms with E-state index in [1.54, 1.807) is 20.8 Å². The molecule has 0 aromatic heterocycles. The van der Waals surface area contributed by atoms with E-state index < -0.39 is 23.7 Å². The highest BCUT2D eigenvalue weighted by Gasteiger charge is 2.26. The van der Waals surface area contributed by atoms with E-state index in [0.29, 0.717) is 0 Å². The van der Waals surface area contributed by atoms with Crippen LogP contribution in [0.2, 0.25) is 0 Å². The van der Waals surface area contributed by atoms with Crippen LogP contribution in [0.15, 0.2) is 30.3 Å². The maximum absolute atomic E-state index is 11.8. The van der Waals surface area contributed by atoms with E-state index in [-0.39, 0.29) is 6.42 Å². The van der Waals surface area contributed by atoms with E-state index >= 15 is 0 Å². The fraction of sp³-hybridized carbons (Fsp3) is 0.412. The molecule has 0 saturated carbocycles. The zero-order valence-corrected chi connectivity index (χ0v) is 13.1. The number of carboxylic acids is 1. The van der Waals surface area contributed by atoms with E-state index in [9.17, 15) is 14.7 Å². The van der Waals surface area contributed by atoms with Crippen molar-refractivity contribution in [3.8, 4) is 0 Å². The van der Waals surface area contributed by atoms with Crippen LogP contribution >= 0.6 is 0 Å². The molecule has 1 amide bonds. The Morgan fingerprint density at radius 2 is 2.00 bits per heavy atom. The van der Waals surface area contributed by atoms with Gasteiger partial charge in [0.25, 0.3) is 0 Å². The van der Waals surface area contributed by atoms with Crippen LogP contribution in [0.4, 0.5) is 4.79 Å². The summed E-state index contributed by atoms with van der Waals surface area (Å²) in [4.78, 5) is 23.2. The van der Waals surface area contributed by atoms with Crippen LogP contribution < -0.4 is 5.32 Å². The van der Waals surface area contributed by atoms with Crippen molar-refractivity contribution in [2.24, 2.45) is 0 Å². The summed E-state index contributed by atoms with van der Waals surface area (Å²) in [5.41, 5.74) is 2.52. The van der Waals surface area contributed by atoms with Gasteiger partial charge < -0.3 is 15.2 Å². The first-order valence-corrected chi connectivity index (χ1v) is 7.26. The van der Waals surface area contributed by atoms with Crippen molar-refractivity contribution in [1.82, 2.24) is 5.32 Å². The van der Waals surface area contributed by atoms with Gasteiger partial charge in [0.2, 0.25) is 0 Å². The predicted molar refractivity (Wildman–Crippen MR) is 83.5 cm³/mol. The lowest BCUT2D eigenvalue weighted by atomic mass is 10.00. The molecule has 1 aliphatic rings. The van der Waals surface area contributed by atoms with Crippen molar-refractivity contribution in [3.05, 3.63) is 41.5 Å². The van der Waals surface area contributed by atoms with Crippen molar-refractivity contribution in [3.63, 3.8) is 0 Å². The van der Waals surface area contributed by atoms with Gasteiger partial charge >= 0.3 is 12.1 Å². The van der Waals surface area contributed by atoms with E-state index in [1.807, 2.05) is 30.3 Å². The second-order valence-electron chi connectivity index (χ2n) is 6.33. The molecule has 5 heteroatoms. The monoisotopic (exact) mass is 303 g/mol. The topological polar surface area (TPSA) is 75.6 Å². The quantitative estimate of drug-likeness (QED) is 0.896. The number of benzene rings is 1. The van der Waals surface area contributed by atoms with Gasteiger partial charge in [0.1, 0.15) is 11.6 Å². The molecule has 1 aliphatic carbocycles. The number of carbonyl (C=O) groups excluding carboxylic acids is 1. The Kier molecular flexibility index (Phi) is 4.54. The third kappa shape index (κ3) is 4.10. The smallest absolute Gasteiger partial charge is 0.408 e. The summed E-state index contributed by atoms with van der Waals surface area (Å²) in [7, 11) is 0. The molecule has 0 saturated heterocycles. The number of rotatable bonds is 4. The minimum atomic E-state index is -1.07. The lowest BCUT2D eigenvalue weighted by Crippen LogP contribution is -2.43. The molecule has 0 heterocycles. The number of hydrogen-bond donors (Lipinski definition) is 2. The zero-order valence-electron chi connectivity index (χ0n) is 13.1. The van der Waals surface area contributed by atoms with E-state index in [2.05, 4.69) is 5.32 Å². The van der Waals surface area contributed by atoms with Gasteiger partial charge in [-0.3, -0.25) is 0 Å². The Balaban J connectivity index is 2.05. The number of carboxylic acid groups (broad SMARTS) is 1. The number of alkyl carbamates (subject to hydrolysis) is 1. The third-order valence-electron chi connectivity index (χ3n) is 3.34. The number of amides is 1. The summed E-state index contributed by atoms with van der Waals surface area (Å²) in [5, 5.41) is 11.8. The minimum Gasteiger partial charge on any atom is -0.480 e. The number of fused-ring (bicyclic) bond motifs is 1. The molecule has 0 spiro atoms. The minimum absolute atomic E-state index is 0.242. The Bertz CT molecular complexity index is 613. The average molecular weight is 303 g/mol. The van der Waals surface area contributed by atoms with Gasteiger partial charge in [-0.2, -0.15) is 0 Å². The van der Waals surface area contributed by atoms with Crippen molar-refractivity contribution < 1.29 is 19.4 Å². The number of carbonyl (C=O) groups is 2.